The number of nitrogens with zero attached hydrogens (tertiary/aromatic N) is 2. The Morgan fingerprint density at radius 1 is 1.37 bits per heavy atom. The van der Waals surface area contributed by atoms with Gasteiger partial charge in [0.25, 0.3) is 0 Å². The van der Waals surface area contributed by atoms with Gasteiger partial charge in [0, 0.05) is 20.0 Å². The summed E-state index contributed by atoms with van der Waals surface area (Å²) in [5.74, 6) is -0.648. The molecule has 5 heteroatoms. The molecule has 0 spiro atoms. The molecule has 1 N–H and O–H groups in total. The summed E-state index contributed by atoms with van der Waals surface area (Å²) in [4.78, 5) is 26.5. The molecule has 5 nitrogen and oxygen atoms in total. The van der Waals surface area contributed by atoms with Crippen LogP contribution in [-0.4, -0.2) is 60.5 Å². The van der Waals surface area contributed by atoms with Crippen LogP contribution in [0.2, 0.25) is 0 Å². The average Bonchev–Trinajstić information content (AvgIpc) is 2.37. The summed E-state index contributed by atoms with van der Waals surface area (Å²) < 4.78 is 0. The van der Waals surface area contributed by atoms with Crippen molar-refractivity contribution in [2.45, 2.75) is 32.6 Å². The first-order valence-corrected chi connectivity index (χ1v) is 7.05. The van der Waals surface area contributed by atoms with Crippen molar-refractivity contribution < 1.29 is 14.7 Å². The molecule has 0 aliphatic carbocycles. The zero-order valence-electron chi connectivity index (χ0n) is 12.3. The molecule has 0 aromatic carbocycles. The third kappa shape index (κ3) is 5.59. The summed E-state index contributed by atoms with van der Waals surface area (Å²) in [6, 6.07) is 0. The lowest BCUT2D eigenvalue weighted by atomic mass is 9.92. The first-order valence-electron chi connectivity index (χ1n) is 7.05. The highest BCUT2D eigenvalue weighted by Crippen LogP contribution is 2.21. The number of likely N-dealkylation sites (tertiary alicyclic amines) is 1. The zero-order chi connectivity index (χ0) is 14.4. The quantitative estimate of drug-likeness (QED) is 0.790. The number of carbonyl (C=O) groups is 2. The van der Waals surface area contributed by atoms with Crippen LogP contribution in [0.5, 0.6) is 0 Å². The van der Waals surface area contributed by atoms with Gasteiger partial charge in [-0.3, -0.25) is 9.59 Å². The molecular formula is C14H26N2O3. The maximum absolute atomic E-state index is 11.9. The van der Waals surface area contributed by atoms with Gasteiger partial charge in [0.2, 0.25) is 5.91 Å². The van der Waals surface area contributed by atoms with Gasteiger partial charge in [-0.05, 0) is 45.3 Å². The number of carbonyl (C=O) groups excluding carboxylic acids is 1. The van der Waals surface area contributed by atoms with Crippen LogP contribution in [-0.2, 0) is 9.59 Å². The fourth-order valence-electron chi connectivity index (χ4n) is 2.46. The number of amides is 1. The van der Waals surface area contributed by atoms with Gasteiger partial charge in [-0.25, -0.2) is 0 Å². The summed E-state index contributed by atoms with van der Waals surface area (Å²) in [5.41, 5.74) is 0. The second-order valence-electron chi connectivity index (χ2n) is 5.80. The predicted octanol–water partition coefficient (Wildman–Crippen LogP) is 1.29. The summed E-state index contributed by atoms with van der Waals surface area (Å²) >= 11 is 0. The van der Waals surface area contributed by atoms with E-state index in [0.29, 0.717) is 18.9 Å². The Bertz CT molecular complexity index is 312. The molecule has 1 atom stereocenters. The van der Waals surface area contributed by atoms with Crippen LogP contribution >= 0.6 is 0 Å². The molecule has 110 valence electrons. The molecule has 0 saturated carbocycles. The molecule has 0 radical (unpaired) electrons. The molecule has 1 fully saturated rings. The van der Waals surface area contributed by atoms with Gasteiger partial charge in [-0.15, -0.1) is 0 Å². The van der Waals surface area contributed by atoms with Gasteiger partial charge in [0.05, 0.1) is 5.92 Å². The van der Waals surface area contributed by atoms with Crippen LogP contribution in [0.15, 0.2) is 0 Å². The normalized spacial score (nSPS) is 19.1. The molecule has 0 bridgehead atoms. The number of carboxylic acid groups (broad SMARTS) is 1. The Kier molecular flexibility index (Phi) is 6.28. The maximum atomic E-state index is 11.9. The number of rotatable bonds is 6. The average molecular weight is 270 g/mol. The van der Waals surface area contributed by atoms with E-state index in [9.17, 15) is 9.59 Å². The SMILES string of the molecule is CC(CN(C)C(=O)CCC1CCN(C)CC1)C(=O)O. The second kappa shape index (κ2) is 7.48. The fraction of sp³-hybridized carbons (Fsp3) is 0.857. The van der Waals surface area contributed by atoms with Gasteiger partial charge in [0.15, 0.2) is 0 Å². The van der Waals surface area contributed by atoms with E-state index in [1.54, 1.807) is 18.9 Å². The largest absolute Gasteiger partial charge is 0.481 e. The van der Waals surface area contributed by atoms with Crippen molar-refractivity contribution in [2.75, 3.05) is 33.7 Å². The van der Waals surface area contributed by atoms with Gasteiger partial charge >= 0.3 is 5.97 Å². The van der Waals surface area contributed by atoms with E-state index in [1.807, 2.05) is 0 Å². The molecule has 1 unspecified atom stereocenters. The van der Waals surface area contributed by atoms with E-state index >= 15 is 0 Å². The minimum atomic E-state index is -0.852. The van der Waals surface area contributed by atoms with Gasteiger partial charge in [-0.1, -0.05) is 6.92 Å². The molecule has 1 saturated heterocycles. The van der Waals surface area contributed by atoms with E-state index in [4.69, 9.17) is 5.11 Å². The topological polar surface area (TPSA) is 60.9 Å². The van der Waals surface area contributed by atoms with Gasteiger partial charge in [-0.2, -0.15) is 0 Å². The van der Waals surface area contributed by atoms with E-state index in [-0.39, 0.29) is 5.91 Å². The van der Waals surface area contributed by atoms with Crippen molar-refractivity contribution in [3.05, 3.63) is 0 Å². The Morgan fingerprint density at radius 3 is 2.47 bits per heavy atom. The van der Waals surface area contributed by atoms with Gasteiger partial charge < -0.3 is 14.9 Å². The number of hydrogen-bond donors (Lipinski definition) is 1. The first-order chi connectivity index (χ1) is 8.90. The zero-order valence-corrected chi connectivity index (χ0v) is 12.3. The molecule has 1 amide bonds. The number of piperidine rings is 1. The Hall–Kier alpha value is -1.10. The lowest BCUT2D eigenvalue weighted by molar-refractivity contribution is -0.142. The summed E-state index contributed by atoms with van der Waals surface area (Å²) in [6.45, 7) is 4.15. The van der Waals surface area contributed by atoms with Crippen LogP contribution in [0.1, 0.15) is 32.6 Å². The standard InChI is InChI=1S/C14H26N2O3/c1-11(14(18)19)10-16(3)13(17)5-4-12-6-8-15(2)9-7-12/h11-12H,4-10H2,1-3H3,(H,18,19). The van der Waals surface area contributed by atoms with E-state index in [0.717, 1.165) is 19.5 Å². The van der Waals surface area contributed by atoms with Crippen molar-refractivity contribution in [1.29, 1.82) is 0 Å². The third-order valence-corrected chi connectivity index (χ3v) is 4.00. The van der Waals surface area contributed by atoms with Crippen LogP contribution in [0.25, 0.3) is 0 Å². The molecule has 0 aromatic rings. The molecule has 1 rings (SSSR count). The summed E-state index contributed by atoms with van der Waals surface area (Å²) in [6.07, 6.45) is 3.80. The van der Waals surface area contributed by atoms with Crippen molar-refractivity contribution in [1.82, 2.24) is 9.80 Å². The van der Waals surface area contributed by atoms with Crippen LogP contribution < -0.4 is 0 Å². The van der Waals surface area contributed by atoms with Crippen molar-refractivity contribution in [3.8, 4) is 0 Å². The Morgan fingerprint density at radius 2 is 1.95 bits per heavy atom. The number of carboxylic acids is 1. The smallest absolute Gasteiger partial charge is 0.308 e. The Balaban J connectivity index is 2.25. The molecule has 1 aliphatic heterocycles. The third-order valence-electron chi connectivity index (χ3n) is 4.00. The highest BCUT2D eigenvalue weighted by Gasteiger charge is 2.20. The highest BCUT2D eigenvalue weighted by molar-refractivity contribution is 5.77. The molecule has 1 aliphatic rings. The summed E-state index contributed by atoms with van der Waals surface area (Å²) in [5, 5.41) is 8.83. The monoisotopic (exact) mass is 270 g/mol. The van der Waals surface area contributed by atoms with Gasteiger partial charge in [0.1, 0.15) is 0 Å². The van der Waals surface area contributed by atoms with Crippen molar-refractivity contribution in [3.63, 3.8) is 0 Å². The fourth-order valence-corrected chi connectivity index (χ4v) is 2.46. The van der Waals surface area contributed by atoms with Crippen molar-refractivity contribution >= 4 is 11.9 Å². The van der Waals surface area contributed by atoms with E-state index in [1.165, 1.54) is 12.8 Å². The van der Waals surface area contributed by atoms with Crippen LogP contribution in [0.4, 0.5) is 0 Å². The van der Waals surface area contributed by atoms with Crippen molar-refractivity contribution in [2.24, 2.45) is 11.8 Å². The maximum Gasteiger partial charge on any atom is 0.308 e. The molecule has 19 heavy (non-hydrogen) atoms. The van der Waals surface area contributed by atoms with E-state index < -0.39 is 11.9 Å². The first kappa shape index (κ1) is 16.0. The minimum absolute atomic E-state index is 0.0621. The minimum Gasteiger partial charge on any atom is -0.481 e. The summed E-state index contributed by atoms with van der Waals surface area (Å²) in [7, 11) is 3.82. The molecule has 1 heterocycles. The van der Waals surface area contributed by atoms with Crippen LogP contribution in [0.3, 0.4) is 0 Å². The second-order valence-corrected chi connectivity index (χ2v) is 5.80. The Labute approximate surface area is 115 Å². The predicted molar refractivity (Wildman–Crippen MR) is 73.9 cm³/mol. The van der Waals surface area contributed by atoms with Crippen LogP contribution in [0, 0.1) is 11.8 Å². The van der Waals surface area contributed by atoms with E-state index in [2.05, 4.69) is 11.9 Å². The number of hydrogen-bond acceptors (Lipinski definition) is 3. The molecular weight excluding hydrogens is 244 g/mol. The lowest BCUT2D eigenvalue weighted by Crippen LogP contribution is -2.34. The molecule has 0 aromatic heterocycles. The highest BCUT2D eigenvalue weighted by atomic mass is 16.4. The lowest BCUT2D eigenvalue weighted by Gasteiger charge is -2.29. The number of aliphatic carboxylic acids is 1.